The topological polar surface area (TPSA) is 76.5 Å². The Morgan fingerprint density at radius 2 is 2.04 bits per heavy atom. The molecule has 0 bridgehead atoms. The van der Waals surface area contributed by atoms with Crippen molar-refractivity contribution in [3.05, 3.63) is 24.0 Å². The molecular formula is C15H22N4O3S. The SMILES string of the molecule is Cc1nc2cc(S(=O)(=O)NCCN3CCOCC3)ccc2n1C. The second kappa shape index (κ2) is 6.56. The van der Waals surface area contributed by atoms with Crippen molar-refractivity contribution < 1.29 is 13.2 Å². The molecule has 1 aromatic carbocycles. The number of aromatic nitrogens is 2. The predicted molar refractivity (Wildman–Crippen MR) is 87.9 cm³/mol. The third-order valence-corrected chi connectivity index (χ3v) is 5.67. The van der Waals surface area contributed by atoms with Gasteiger partial charge in [-0.3, -0.25) is 4.90 Å². The number of sulfonamides is 1. The van der Waals surface area contributed by atoms with Crippen molar-refractivity contribution in [2.24, 2.45) is 7.05 Å². The maximum absolute atomic E-state index is 12.4. The fourth-order valence-corrected chi connectivity index (χ4v) is 3.75. The predicted octanol–water partition coefficient (Wildman–Crippen LogP) is 0.492. The monoisotopic (exact) mass is 338 g/mol. The highest BCUT2D eigenvalue weighted by molar-refractivity contribution is 7.89. The number of hydrogen-bond donors (Lipinski definition) is 1. The maximum atomic E-state index is 12.4. The zero-order chi connectivity index (χ0) is 16.4. The molecule has 1 saturated heterocycles. The van der Waals surface area contributed by atoms with E-state index in [0.29, 0.717) is 31.8 Å². The molecule has 126 valence electrons. The number of rotatable bonds is 5. The summed E-state index contributed by atoms with van der Waals surface area (Å²) in [7, 11) is -1.60. The molecule has 1 aromatic heterocycles. The Bertz CT molecular complexity index is 794. The molecule has 2 heterocycles. The molecule has 7 nitrogen and oxygen atoms in total. The standard InChI is InChI=1S/C15H22N4O3S/c1-12-17-14-11-13(3-4-15(14)18(12)2)23(20,21)16-5-6-19-7-9-22-10-8-19/h3-4,11,16H,5-10H2,1-2H3. The molecule has 8 heteroatoms. The van der Waals surface area contributed by atoms with Gasteiger partial charge >= 0.3 is 0 Å². The first-order valence-electron chi connectivity index (χ1n) is 7.70. The molecule has 2 aromatic rings. The summed E-state index contributed by atoms with van der Waals surface area (Å²) in [6.45, 7) is 6.09. The zero-order valence-corrected chi connectivity index (χ0v) is 14.3. The fourth-order valence-electron chi connectivity index (χ4n) is 2.71. The highest BCUT2D eigenvalue weighted by atomic mass is 32.2. The van der Waals surface area contributed by atoms with Crippen LogP contribution in [0.3, 0.4) is 0 Å². The van der Waals surface area contributed by atoms with E-state index < -0.39 is 10.0 Å². The van der Waals surface area contributed by atoms with E-state index in [1.807, 2.05) is 18.5 Å². The Balaban J connectivity index is 1.69. The van der Waals surface area contributed by atoms with Crippen molar-refractivity contribution in [3.63, 3.8) is 0 Å². The van der Waals surface area contributed by atoms with Crippen molar-refractivity contribution in [3.8, 4) is 0 Å². The quantitative estimate of drug-likeness (QED) is 0.859. The van der Waals surface area contributed by atoms with E-state index in [4.69, 9.17) is 4.74 Å². The van der Waals surface area contributed by atoms with Crippen LogP contribution in [0, 0.1) is 6.92 Å². The molecule has 0 aliphatic carbocycles. The fraction of sp³-hybridized carbons (Fsp3) is 0.533. The number of fused-ring (bicyclic) bond motifs is 1. The summed E-state index contributed by atoms with van der Waals surface area (Å²) in [4.78, 5) is 6.84. The first-order chi connectivity index (χ1) is 11.0. The van der Waals surface area contributed by atoms with Crippen LogP contribution in [-0.4, -0.2) is 62.3 Å². The van der Waals surface area contributed by atoms with Crippen LogP contribution in [0.2, 0.25) is 0 Å². The number of nitrogens with zero attached hydrogens (tertiary/aromatic N) is 3. The highest BCUT2D eigenvalue weighted by Crippen LogP contribution is 2.19. The molecule has 0 unspecified atom stereocenters. The highest BCUT2D eigenvalue weighted by Gasteiger charge is 2.17. The van der Waals surface area contributed by atoms with Gasteiger partial charge in [-0.15, -0.1) is 0 Å². The van der Waals surface area contributed by atoms with E-state index in [9.17, 15) is 8.42 Å². The lowest BCUT2D eigenvalue weighted by Gasteiger charge is -2.26. The first kappa shape index (κ1) is 16.4. The number of hydrogen-bond acceptors (Lipinski definition) is 5. The van der Waals surface area contributed by atoms with Crippen LogP contribution in [0.15, 0.2) is 23.1 Å². The summed E-state index contributed by atoms with van der Waals surface area (Å²) in [6, 6.07) is 5.05. The van der Waals surface area contributed by atoms with Crippen molar-refractivity contribution in [2.45, 2.75) is 11.8 Å². The van der Waals surface area contributed by atoms with Crippen molar-refractivity contribution in [1.29, 1.82) is 0 Å². The summed E-state index contributed by atoms with van der Waals surface area (Å²) in [5, 5.41) is 0. The lowest BCUT2D eigenvalue weighted by atomic mass is 10.3. The van der Waals surface area contributed by atoms with E-state index in [1.54, 1.807) is 18.2 Å². The van der Waals surface area contributed by atoms with E-state index in [0.717, 1.165) is 24.4 Å². The molecule has 0 atom stereocenters. The van der Waals surface area contributed by atoms with E-state index >= 15 is 0 Å². The number of imidazole rings is 1. The molecule has 1 fully saturated rings. The van der Waals surface area contributed by atoms with Crippen molar-refractivity contribution in [2.75, 3.05) is 39.4 Å². The molecule has 0 amide bonds. The lowest BCUT2D eigenvalue weighted by Crippen LogP contribution is -2.41. The zero-order valence-electron chi connectivity index (χ0n) is 13.4. The largest absolute Gasteiger partial charge is 0.379 e. The number of benzene rings is 1. The number of nitrogens with one attached hydrogen (secondary N) is 1. The van der Waals surface area contributed by atoms with Gasteiger partial charge in [0, 0.05) is 33.2 Å². The number of morpholine rings is 1. The van der Waals surface area contributed by atoms with Gasteiger partial charge in [0.15, 0.2) is 0 Å². The molecule has 23 heavy (non-hydrogen) atoms. The molecule has 1 aliphatic heterocycles. The third kappa shape index (κ3) is 3.55. The average molecular weight is 338 g/mol. The average Bonchev–Trinajstić information content (AvgIpc) is 2.82. The molecule has 0 radical (unpaired) electrons. The Morgan fingerprint density at radius 3 is 2.78 bits per heavy atom. The van der Waals surface area contributed by atoms with E-state index in [1.165, 1.54) is 0 Å². The third-order valence-electron chi connectivity index (χ3n) is 4.21. The minimum atomic E-state index is -3.51. The normalized spacial score (nSPS) is 17.0. The first-order valence-corrected chi connectivity index (χ1v) is 9.18. The van der Waals surface area contributed by atoms with E-state index in [-0.39, 0.29) is 4.90 Å². The smallest absolute Gasteiger partial charge is 0.240 e. The molecule has 1 N–H and O–H groups in total. The Kier molecular flexibility index (Phi) is 4.67. The second-order valence-corrected chi connectivity index (χ2v) is 7.49. The van der Waals surface area contributed by atoms with Gasteiger partial charge in [0.1, 0.15) is 5.82 Å². The Labute approximate surface area is 136 Å². The maximum Gasteiger partial charge on any atom is 0.240 e. The number of ether oxygens (including phenoxy) is 1. The molecule has 0 spiro atoms. The van der Waals surface area contributed by atoms with Crippen LogP contribution in [0.4, 0.5) is 0 Å². The van der Waals surface area contributed by atoms with Crippen LogP contribution in [0.25, 0.3) is 11.0 Å². The number of aryl methyl sites for hydroxylation is 2. The second-order valence-electron chi connectivity index (χ2n) is 5.72. The summed E-state index contributed by atoms with van der Waals surface area (Å²) < 4.78 is 34.7. The molecule has 0 saturated carbocycles. The summed E-state index contributed by atoms with van der Waals surface area (Å²) in [5.74, 6) is 0.856. The van der Waals surface area contributed by atoms with Gasteiger partial charge in [-0.25, -0.2) is 18.1 Å². The van der Waals surface area contributed by atoms with Crippen molar-refractivity contribution >= 4 is 21.1 Å². The summed E-state index contributed by atoms with van der Waals surface area (Å²) in [5.41, 5.74) is 1.62. The van der Waals surface area contributed by atoms with Crippen LogP contribution >= 0.6 is 0 Å². The molecule has 1 aliphatic rings. The Morgan fingerprint density at radius 1 is 1.30 bits per heavy atom. The minimum absolute atomic E-state index is 0.255. The van der Waals surface area contributed by atoms with Gasteiger partial charge in [-0.05, 0) is 25.1 Å². The van der Waals surface area contributed by atoms with Gasteiger partial charge in [0.05, 0.1) is 29.1 Å². The van der Waals surface area contributed by atoms with Crippen LogP contribution in [-0.2, 0) is 21.8 Å². The van der Waals surface area contributed by atoms with Gasteiger partial charge in [-0.2, -0.15) is 0 Å². The van der Waals surface area contributed by atoms with Crippen LogP contribution < -0.4 is 4.72 Å². The van der Waals surface area contributed by atoms with Gasteiger partial charge < -0.3 is 9.30 Å². The van der Waals surface area contributed by atoms with Gasteiger partial charge in [-0.1, -0.05) is 0 Å². The molecule has 3 rings (SSSR count). The minimum Gasteiger partial charge on any atom is -0.379 e. The van der Waals surface area contributed by atoms with Gasteiger partial charge in [0.25, 0.3) is 0 Å². The van der Waals surface area contributed by atoms with Crippen LogP contribution in [0.5, 0.6) is 0 Å². The Hall–Kier alpha value is -1.48. The van der Waals surface area contributed by atoms with Gasteiger partial charge in [0.2, 0.25) is 10.0 Å². The van der Waals surface area contributed by atoms with Crippen molar-refractivity contribution in [1.82, 2.24) is 19.2 Å². The lowest BCUT2D eigenvalue weighted by molar-refractivity contribution is 0.0390. The van der Waals surface area contributed by atoms with Crippen LogP contribution in [0.1, 0.15) is 5.82 Å². The molecular weight excluding hydrogens is 316 g/mol. The summed E-state index contributed by atoms with van der Waals surface area (Å²) in [6.07, 6.45) is 0. The van der Waals surface area contributed by atoms with E-state index in [2.05, 4.69) is 14.6 Å². The summed E-state index contributed by atoms with van der Waals surface area (Å²) >= 11 is 0.